The second-order valence-corrected chi connectivity index (χ2v) is 7.49. The molecule has 7 nitrogen and oxygen atoms in total. The molecule has 0 bridgehead atoms. The van der Waals surface area contributed by atoms with Gasteiger partial charge >= 0.3 is 5.97 Å². The van der Waals surface area contributed by atoms with Crippen molar-refractivity contribution in [3.8, 4) is 17.2 Å². The van der Waals surface area contributed by atoms with Gasteiger partial charge in [-0.15, -0.1) is 0 Å². The fourth-order valence-electron chi connectivity index (χ4n) is 4.07. The van der Waals surface area contributed by atoms with E-state index in [1.807, 2.05) is 12.1 Å². The minimum atomic E-state index is -0.995. The van der Waals surface area contributed by atoms with Crippen LogP contribution in [0.1, 0.15) is 16.8 Å². The normalized spacial score (nSPS) is 23.3. The van der Waals surface area contributed by atoms with Gasteiger partial charge in [-0.3, -0.25) is 9.59 Å². The molecular formula is C22H23NO6. The highest BCUT2D eigenvalue weighted by Crippen LogP contribution is 2.42. The van der Waals surface area contributed by atoms with Crippen LogP contribution in [0.25, 0.3) is 0 Å². The van der Waals surface area contributed by atoms with Crippen LogP contribution in [0.2, 0.25) is 0 Å². The number of amides is 1. The minimum absolute atomic E-state index is 0.0737. The Morgan fingerprint density at radius 3 is 2.28 bits per heavy atom. The zero-order valence-electron chi connectivity index (χ0n) is 16.2. The lowest BCUT2D eigenvalue weighted by Gasteiger charge is -2.33. The first kappa shape index (κ1) is 19.3. The van der Waals surface area contributed by atoms with Crippen LogP contribution >= 0.6 is 0 Å². The van der Waals surface area contributed by atoms with Gasteiger partial charge in [0.2, 0.25) is 0 Å². The van der Waals surface area contributed by atoms with Gasteiger partial charge in [0.1, 0.15) is 22.7 Å². The van der Waals surface area contributed by atoms with Gasteiger partial charge in [-0.25, -0.2) is 0 Å². The Balaban J connectivity index is 1.45. The molecule has 0 spiro atoms. The standard InChI is InChI=1S/C22H23NO6/c1-27-17-6-8-19(9-7-17)29-18-4-2-15(3-5-18)20(24)23-12-16-10-11-28-14-22(16,13-23)21(25)26/h2-9,16H,10-14H2,1H3,(H,25,26)/t16-,22+/m0/s1. The van der Waals surface area contributed by atoms with E-state index in [4.69, 9.17) is 14.2 Å². The Morgan fingerprint density at radius 2 is 1.69 bits per heavy atom. The number of fused-ring (bicyclic) bond motifs is 1. The van der Waals surface area contributed by atoms with E-state index in [9.17, 15) is 14.7 Å². The van der Waals surface area contributed by atoms with E-state index in [2.05, 4.69) is 0 Å². The summed E-state index contributed by atoms with van der Waals surface area (Å²) in [5.74, 6) is 0.884. The fourth-order valence-corrected chi connectivity index (χ4v) is 4.07. The molecule has 0 saturated carbocycles. The number of carbonyl (C=O) groups is 2. The highest BCUT2D eigenvalue weighted by molar-refractivity contribution is 5.95. The topological polar surface area (TPSA) is 85.3 Å². The predicted molar refractivity (Wildman–Crippen MR) is 104 cm³/mol. The highest BCUT2D eigenvalue weighted by Gasteiger charge is 2.55. The monoisotopic (exact) mass is 397 g/mol. The molecule has 2 heterocycles. The molecule has 2 fully saturated rings. The molecule has 2 aliphatic rings. The molecule has 2 atom stereocenters. The van der Waals surface area contributed by atoms with Crippen molar-refractivity contribution in [2.75, 3.05) is 33.4 Å². The number of rotatable bonds is 5. The first-order valence-corrected chi connectivity index (χ1v) is 9.54. The average molecular weight is 397 g/mol. The third-order valence-corrected chi connectivity index (χ3v) is 5.78. The molecule has 0 aliphatic carbocycles. The second-order valence-electron chi connectivity index (χ2n) is 7.49. The summed E-state index contributed by atoms with van der Waals surface area (Å²) in [5.41, 5.74) is -0.488. The summed E-state index contributed by atoms with van der Waals surface area (Å²) >= 11 is 0. The molecule has 1 amide bonds. The maximum Gasteiger partial charge on any atom is 0.314 e. The highest BCUT2D eigenvalue weighted by atomic mass is 16.5. The Bertz CT molecular complexity index is 895. The van der Waals surface area contributed by atoms with Crippen molar-refractivity contribution in [1.29, 1.82) is 0 Å². The Morgan fingerprint density at radius 1 is 1.07 bits per heavy atom. The molecule has 1 N–H and O–H groups in total. The number of carboxylic acids is 1. The summed E-state index contributed by atoms with van der Waals surface area (Å²) in [6, 6.07) is 14.1. The molecule has 0 aromatic heterocycles. The van der Waals surface area contributed by atoms with Crippen molar-refractivity contribution < 1.29 is 28.9 Å². The van der Waals surface area contributed by atoms with Crippen molar-refractivity contribution in [2.24, 2.45) is 11.3 Å². The van der Waals surface area contributed by atoms with Crippen LogP contribution in [0, 0.1) is 11.3 Å². The van der Waals surface area contributed by atoms with Gasteiger partial charge in [0.05, 0.1) is 13.7 Å². The van der Waals surface area contributed by atoms with Gasteiger partial charge in [0.15, 0.2) is 0 Å². The van der Waals surface area contributed by atoms with E-state index in [1.165, 1.54) is 0 Å². The number of carbonyl (C=O) groups excluding carboxylic acids is 1. The summed E-state index contributed by atoms with van der Waals surface area (Å²) in [7, 11) is 1.60. The van der Waals surface area contributed by atoms with E-state index in [0.717, 1.165) is 5.75 Å². The van der Waals surface area contributed by atoms with E-state index >= 15 is 0 Å². The summed E-state index contributed by atoms with van der Waals surface area (Å²) in [6.07, 6.45) is 0.657. The zero-order chi connectivity index (χ0) is 20.4. The van der Waals surface area contributed by atoms with Crippen molar-refractivity contribution in [3.05, 3.63) is 54.1 Å². The number of aliphatic carboxylic acids is 1. The number of methoxy groups -OCH3 is 1. The van der Waals surface area contributed by atoms with Gasteiger partial charge in [-0.1, -0.05) is 0 Å². The SMILES string of the molecule is COc1ccc(Oc2ccc(C(=O)N3C[C@@H]4CCOC[C@]4(C(=O)O)C3)cc2)cc1. The lowest BCUT2D eigenvalue weighted by atomic mass is 9.76. The third-order valence-electron chi connectivity index (χ3n) is 5.78. The number of likely N-dealkylation sites (tertiary alicyclic amines) is 1. The Kier molecular flexibility index (Phi) is 5.15. The van der Waals surface area contributed by atoms with Crippen molar-refractivity contribution in [1.82, 2.24) is 4.90 Å². The maximum absolute atomic E-state index is 12.9. The van der Waals surface area contributed by atoms with E-state index in [0.29, 0.717) is 36.6 Å². The van der Waals surface area contributed by atoms with Gasteiger partial charge < -0.3 is 24.2 Å². The van der Waals surface area contributed by atoms with E-state index in [-0.39, 0.29) is 25.0 Å². The van der Waals surface area contributed by atoms with Gasteiger partial charge in [-0.2, -0.15) is 0 Å². The predicted octanol–water partition coefficient (Wildman–Crippen LogP) is 3.05. The third kappa shape index (κ3) is 3.65. The molecule has 0 unspecified atom stereocenters. The smallest absolute Gasteiger partial charge is 0.314 e. The number of nitrogens with zero attached hydrogens (tertiary/aromatic N) is 1. The summed E-state index contributed by atoms with van der Waals surface area (Å²) in [5, 5.41) is 9.74. The summed E-state index contributed by atoms with van der Waals surface area (Å²) in [4.78, 5) is 26.4. The first-order chi connectivity index (χ1) is 14.0. The maximum atomic E-state index is 12.9. The largest absolute Gasteiger partial charge is 0.497 e. The number of hydrogen-bond acceptors (Lipinski definition) is 5. The molecular weight excluding hydrogens is 374 g/mol. The van der Waals surface area contributed by atoms with Crippen molar-refractivity contribution in [2.45, 2.75) is 6.42 Å². The summed E-state index contributed by atoms with van der Waals surface area (Å²) in [6.45, 7) is 1.32. The quantitative estimate of drug-likeness (QED) is 0.835. The van der Waals surface area contributed by atoms with Crippen LogP contribution in [-0.4, -0.2) is 55.3 Å². The van der Waals surface area contributed by atoms with E-state index in [1.54, 1.807) is 48.4 Å². The molecule has 2 aromatic rings. The average Bonchev–Trinajstić information content (AvgIpc) is 3.16. The Hall–Kier alpha value is -3.06. The van der Waals surface area contributed by atoms with E-state index < -0.39 is 11.4 Å². The van der Waals surface area contributed by atoms with Gasteiger partial charge in [0, 0.05) is 25.3 Å². The van der Waals surface area contributed by atoms with Crippen molar-refractivity contribution in [3.63, 3.8) is 0 Å². The van der Waals surface area contributed by atoms with Crippen LogP contribution in [0.3, 0.4) is 0 Å². The second kappa shape index (κ2) is 7.75. The molecule has 152 valence electrons. The first-order valence-electron chi connectivity index (χ1n) is 9.54. The lowest BCUT2D eigenvalue weighted by molar-refractivity contribution is -0.159. The number of carboxylic acid groups (broad SMARTS) is 1. The molecule has 0 radical (unpaired) electrons. The number of ether oxygens (including phenoxy) is 3. The Labute approximate surface area is 168 Å². The van der Waals surface area contributed by atoms with Gasteiger partial charge in [0.25, 0.3) is 5.91 Å². The molecule has 7 heteroatoms. The van der Waals surface area contributed by atoms with Gasteiger partial charge in [-0.05, 0) is 60.9 Å². The molecule has 2 saturated heterocycles. The van der Waals surface area contributed by atoms with Crippen LogP contribution < -0.4 is 9.47 Å². The number of benzene rings is 2. The summed E-state index contributed by atoms with van der Waals surface area (Å²) < 4.78 is 16.3. The molecule has 2 aliphatic heterocycles. The number of hydrogen-bond donors (Lipinski definition) is 1. The van der Waals surface area contributed by atoms with Crippen LogP contribution in [0.5, 0.6) is 17.2 Å². The van der Waals surface area contributed by atoms with Crippen LogP contribution in [0.4, 0.5) is 0 Å². The molecule has 29 heavy (non-hydrogen) atoms. The van der Waals surface area contributed by atoms with Crippen LogP contribution in [-0.2, 0) is 9.53 Å². The lowest BCUT2D eigenvalue weighted by Crippen LogP contribution is -2.46. The molecule has 4 rings (SSSR count). The minimum Gasteiger partial charge on any atom is -0.497 e. The molecule has 2 aromatic carbocycles. The van der Waals surface area contributed by atoms with Crippen LogP contribution in [0.15, 0.2) is 48.5 Å². The van der Waals surface area contributed by atoms with Crippen molar-refractivity contribution >= 4 is 11.9 Å². The zero-order valence-corrected chi connectivity index (χ0v) is 16.2. The fraction of sp³-hybridized carbons (Fsp3) is 0.364.